The lowest BCUT2D eigenvalue weighted by molar-refractivity contribution is -0.121. The van der Waals surface area contributed by atoms with Gasteiger partial charge < -0.3 is 5.32 Å². The fraction of sp³-hybridized carbons (Fsp3) is 0.111. The van der Waals surface area contributed by atoms with Crippen LogP contribution < -0.4 is 5.32 Å². The maximum Gasteiger partial charge on any atom is 0.267 e. The van der Waals surface area contributed by atoms with Crippen LogP contribution in [-0.4, -0.2) is 21.8 Å². The molecule has 25 heavy (non-hydrogen) atoms. The summed E-state index contributed by atoms with van der Waals surface area (Å²) in [6.45, 7) is 2.41. The van der Waals surface area contributed by atoms with Gasteiger partial charge in [0, 0.05) is 13.7 Å². The Hall–Kier alpha value is -0.900. The summed E-state index contributed by atoms with van der Waals surface area (Å²) in [6.07, 6.45) is 1.88. The molecule has 0 saturated carbocycles. The minimum atomic E-state index is -0.0642. The van der Waals surface area contributed by atoms with Crippen molar-refractivity contribution in [1.82, 2.24) is 4.90 Å². The van der Waals surface area contributed by atoms with Crippen molar-refractivity contribution in [1.29, 1.82) is 0 Å². The molecular formula is C18H14BrIN2OS2. The van der Waals surface area contributed by atoms with Gasteiger partial charge >= 0.3 is 0 Å². The number of thiocarbonyl (C=S) groups is 1. The first-order valence-electron chi connectivity index (χ1n) is 7.45. The minimum absolute atomic E-state index is 0.0642. The maximum atomic E-state index is 12.7. The summed E-state index contributed by atoms with van der Waals surface area (Å²) in [6, 6.07) is 14.0. The van der Waals surface area contributed by atoms with Gasteiger partial charge in [0.1, 0.15) is 4.32 Å². The van der Waals surface area contributed by atoms with E-state index in [1.807, 2.05) is 49.4 Å². The molecule has 0 aromatic heterocycles. The molecule has 2 aromatic carbocycles. The molecule has 3 nitrogen and oxygen atoms in total. The van der Waals surface area contributed by atoms with Gasteiger partial charge in [0.25, 0.3) is 5.91 Å². The molecule has 1 N–H and O–H groups in total. The van der Waals surface area contributed by atoms with E-state index in [0.29, 0.717) is 15.9 Å². The van der Waals surface area contributed by atoms with E-state index in [4.69, 9.17) is 12.2 Å². The number of thioether (sulfide) groups is 1. The van der Waals surface area contributed by atoms with Crippen molar-refractivity contribution in [2.45, 2.75) is 6.92 Å². The van der Waals surface area contributed by atoms with E-state index in [9.17, 15) is 4.79 Å². The van der Waals surface area contributed by atoms with Gasteiger partial charge in [-0.25, -0.2) is 0 Å². The summed E-state index contributed by atoms with van der Waals surface area (Å²) in [5.41, 5.74) is 3.11. The van der Waals surface area contributed by atoms with Gasteiger partial charge in [0.2, 0.25) is 0 Å². The lowest BCUT2D eigenvalue weighted by Crippen LogP contribution is -2.33. The van der Waals surface area contributed by atoms with Crippen molar-refractivity contribution in [2.75, 3.05) is 12.0 Å². The number of hydrogen-bond donors (Lipinski definition) is 1. The number of nitrogens with one attached hydrogen (secondary N) is 1. The Morgan fingerprint density at radius 3 is 2.84 bits per heavy atom. The number of halogens is 2. The zero-order valence-electron chi connectivity index (χ0n) is 13.3. The predicted molar refractivity (Wildman–Crippen MR) is 122 cm³/mol. The highest BCUT2D eigenvalue weighted by atomic mass is 127. The van der Waals surface area contributed by atoms with E-state index in [1.165, 1.54) is 15.3 Å². The first-order chi connectivity index (χ1) is 11.9. The lowest BCUT2D eigenvalue weighted by Gasteiger charge is -2.17. The van der Waals surface area contributed by atoms with E-state index in [2.05, 4.69) is 49.9 Å². The quantitative estimate of drug-likeness (QED) is 0.307. The SMILES string of the molecule is Cc1cc(I)ccc1NCN1C(=O)/C(=C/c2cccc(Br)c2)SC1=S. The Kier molecular flexibility index (Phi) is 6.19. The molecule has 7 heteroatoms. The van der Waals surface area contributed by atoms with Crippen molar-refractivity contribution >= 4 is 84.5 Å². The molecule has 0 atom stereocenters. The van der Waals surface area contributed by atoms with Gasteiger partial charge in [-0.05, 0) is 77.0 Å². The second-order valence-electron chi connectivity index (χ2n) is 5.46. The average molecular weight is 545 g/mol. The Morgan fingerprint density at radius 1 is 1.32 bits per heavy atom. The number of hydrogen-bond acceptors (Lipinski definition) is 4. The van der Waals surface area contributed by atoms with Gasteiger partial charge in [0.15, 0.2) is 0 Å². The molecule has 1 aliphatic rings. The number of benzene rings is 2. The van der Waals surface area contributed by atoms with Crippen LogP contribution >= 0.6 is 62.5 Å². The molecule has 1 aliphatic heterocycles. The highest BCUT2D eigenvalue weighted by Crippen LogP contribution is 2.33. The van der Waals surface area contributed by atoms with Crippen molar-refractivity contribution in [2.24, 2.45) is 0 Å². The summed E-state index contributed by atoms with van der Waals surface area (Å²) >= 11 is 12.4. The van der Waals surface area contributed by atoms with E-state index in [-0.39, 0.29) is 5.91 Å². The zero-order valence-corrected chi connectivity index (χ0v) is 18.6. The summed E-state index contributed by atoms with van der Waals surface area (Å²) in [7, 11) is 0. The third-order valence-electron chi connectivity index (χ3n) is 3.64. The molecule has 1 amide bonds. The Balaban J connectivity index is 1.73. The van der Waals surface area contributed by atoms with Crippen LogP contribution in [0.5, 0.6) is 0 Å². The van der Waals surface area contributed by atoms with Crippen LogP contribution in [-0.2, 0) is 4.79 Å². The van der Waals surface area contributed by atoms with Crippen molar-refractivity contribution in [3.63, 3.8) is 0 Å². The molecule has 3 rings (SSSR count). The molecule has 1 fully saturated rings. The fourth-order valence-corrected chi connectivity index (χ4v) is 4.69. The predicted octanol–water partition coefficient (Wildman–Crippen LogP) is 5.63. The van der Waals surface area contributed by atoms with Crippen LogP contribution in [0.1, 0.15) is 11.1 Å². The van der Waals surface area contributed by atoms with Crippen LogP contribution in [0, 0.1) is 10.5 Å². The third-order valence-corrected chi connectivity index (χ3v) is 6.18. The molecule has 0 radical (unpaired) electrons. The highest BCUT2D eigenvalue weighted by Gasteiger charge is 2.31. The van der Waals surface area contributed by atoms with Crippen LogP contribution in [0.4, 0.5) is 5.69 Å². The highest BCUT2D eigenvalue weighted by molar-refractivity contribution is 14.1. The minimum Gasteiger partial charge on any atom is -0.367 e. The third kappa shape index (κ3) is 4.64. The zero-order chi connectivity index (χ0) is 18.0. The molecule has 0 bridgehead atoms. The first-order valence-corrected chi connectivity index (χ1v) is 10.5. The first kappa shape index (κ1) is 18.9. The number of carbonyl (C=O) groups is 1. The topological polar surface area (TPSA) is 32.3 Å². The second-order valence-corrected chi connectivity index (χ2v) is 9.30. The summed E-state index contributed by atoms with van der Waals surface area (Å²) < 4.78 is 2.73. The van der Waals surface area contributed by atoms with Gasteiger partial charge in [-0.2, -0.15) is 0 Å². The Labute approximate surface area is 178 Å². The van der Waals surface area contributed by atoms with Gasteiger partial charge in [0.05, 0.1) is 11.6 Å². The number of aryl methyl sites for hydroxylation is 1. The van der Waals surface area contributed by atoms with E-state index < -0.39 is 0 Å². The fourth-order valence-electron chi connectivity index (χ4n) is 2.37. The second kappa shape index (κ2) is 8.20. The molecular weight excluding hydrogens is 531 g/mol. The number of anilines is 1. The van der Waals surface area contributed by atoms with Gasteiger partial charge in [-0.15, -0.1) is 0 Å². The molecule has 0 unspecified atom stereocenters. The number of rotatable bonds is 4. The molecule has 0 spiro atoms. The number of amides is 1. The monoisotopic (exact) mass is 544 g/mol. The van der Waals surface area contributed by atoms with Crippen LogP contribution in [0.3, 0.4) is 0 Å². The summed E-state index contributed by atoms with van der Waals surface area (Å²) in [5.74, 6) is -0.0642. The van der Waals surface area contributed by atoms with E-state index in [1.54, 1.807) is 4.90 Å². The van der Waals surface area contributed by atoms with Crippen LogP contribution in [0.25, 0.3) is 6.08 Å². The van der Waals surface area contributed by atoms with Crippen LogP contribution in [0.2, 0.25) is 0 Å². The Morgan fingerprint density at radius 2 is 2.12 bits per heavy atom. The lowest BCUT2D eigenvalue weighted by atomic mass is 10.2. The molecule has 1 heterocycles. The summed E-state index contributed by atoms with van der Waals surface area (Å²) in [4.78, 5) is 14.9. The van der Waals surface area contributed by atoms with E-state index >= 15 is 0 Å². The van der Waals surface area contributed by atoms with Gasteiger partial charge in [-0.1, -0.05) is 52.0 Å². The largest absolute Gasteiger partial charge is 0.367 e. The molecule has 128 valence electrons. The van der Waals surface area contributed by atoms with Crippen molar-refractivity contribution in [3.05, 3.63) is 66.5 Å². The number of nitrogens with zero attached hydrogens (tertiary/aromatic N) is 1. The molecule has 1 saturated heterocycles. The number of carbonyl (C=O) groups excluding carboxylic acids is 1. The smallest absolute Gasteiger partial charge is 0.267 e. The average Bonchev–Trinajstić information content (AvgIpc) is 2.81. The van der Waals surface area contributed by atoms with Crippen LogP contribution in [0.15, 0.2) is 51.8 Å². The van der Waals surface area contributed by atoms with Crippen molar-refractivity contribution < 1.29 is 4.79 Å². The van der Waals surface area contributed by atoms with Crippen molar-refractivity contribution in [3.8, 4) is 0 Å². The summed E-state index contributed by atoms with van der Waals surface area (Å²) in [5, 5.41) is 3.30. The Bertz CT molecular complexity index is 885. The normalized spacial score (nSPS) is 16.0. The molecule has 0 aliphatic carbocycles. The maximum absolute atomic E-state index is 12.7. The molecule has 2 aromatic rings. The van der Waals surface area contributed by atoms with Gasteiger partial charge in [-0.3, -0.25) is 9.69 Å². The standard InChI is InChI=1S/C18H14BrIN2OS2/c1-11-7-14(20)5-6-15(11)21-10-22-17(23)16(25-18(22)24)9-12-3-2-4-13(19)8-12/h2-9,21H,10H2,1H3/b16-9-. The van der Waals surface area contributed by atoms with E-state index in [0.717, 1.165) is 21.3 Å².